The van der Waals surface area contributed by atoms with Crippen LogP contribution in [-0.2, 0) is 4.79 Å². The van der Waals surface area contributed by atoms with Gasteiger partial charge in [0, 0.05) is 11.6 Å². The Kier molecular flexibility index (Phi) is 4.68. The maximum Gasteiger partial charge on any atom is 0.244 e. The Labute approximate surface area is 156 Å². The fourth-order valence-corrected chi connectivity index (χ4v) is 5.80. The Morgan fingerprint density at radius 2 is 1.81 bits per heavy atom. The van der Waals surface area contributed by atoms with E-state index in [1.54, 1.807) is 13.2 Å². The van der Waals surface area contributed by atoms with Gasteiger partial charge in [0.15, 0.2) is 11.5 Å². The number of ether oxygens (including phenoxy) is 2. The zero-order valence-electron chi connectivity index (χ0n) is 15.8. The van der Waals surface area contributed by atoms with Gasteiger partial charge in [0.1, 0.15) is 0 Å². The topological polar surface area (TPSA) is 47.6 Å². The minimum atomic E-state index is 0.0276. The molecule has 1 aromatic rings. The number of amides is 1. The highest BCUT2D eigenvalue weighted by Crippen LogP contribution is 2.55. The Hall–Kier alpha value is -1.97. The van der Waals surface area contributed by atoms with E-state index in [0.717, 1.165) is 29.1 Å². The summed E-state index contributed by atoms with van der Waals surface area (Å²) in [4.78, 5) is 12.6. The van der Waals surface area contributed by atoms with Gasteiger partial charge in [0.25, 0.3) is 0 Å². The van der Waals surface area contributed by atoms with Gasteiger partial charge in [-0.2, -0.15) is 0 Å². The normalized spacial score (nSPS) is 32.0. The van der Waals surface area contributed by atoms with Crippen LogP contribution in [0.1, 0.15) is 51.0 Å². The predicted molar refractivity (Wildman–Crippen MR) is 102 cm³/mol. The molecule has 26 heavy (non-hydrogen) atoms. The molecule has 0 aliphatic heterocycles. The molecule has 5 rings (SSSR count). The van der Waals surface area contributed by atoms with Gasteiger partial charge in [0.05, 0.1) is 13.7 Å². The zero-order valence-corrected chi connectivity index (χ0v) is 15.8. The van der Waals surface area contributed by atoms with E-state index in [9.17, 15) is 4.79 Å². The molecule has 4 aliphatic carbocycles. The molecule has 0 spiro atoms. The zero-order chi connectivity index (χ0) is 18.1. The van der Waals surface area contributed by atoms with Gasteiger partial charge >= 0.3 is 0 Å². The molecule has 1 N–H and O–H groups in total. The number of benzene rings is 1. The van der Waals surface area contributed by atoms with Crippen molar-refractivity contribution in [1.82, 2.24) is 5.32 Å². The standard InChI is InChI=1S/C22H29NO3/c1-3-26-19-6-4-15(11-20(19)25-2)5-7-21(24)23-22-12-16-8-17(13-22)10-18(9-16)14-22/h4-7,11,16-18H,3,8-10,12-14H2,1-2H3,(H,23,24)/b7-5+. The third-order valence-corrected chi connectivity index (χ3v) is 6.34. The third kappa shape index (κ3) is 3.46. The number of carbonyl (C=O) groups is 1. The molecule has 4 heteroatoms. The summed E-state index contributed by atoms with van der Waals surface area (Å²) in [6.07, 6.45) is 11.2. The Morgan fingerprint density at radius 1 is 1.15 bits per heavy atom. The van der Waals surface area contributed by atoms with E-state index in [1.165, 1.54) is 38.5 Å². The Balaban J connectivity index is 1.42. The maximum absolute atomic E-state index is 12.6. The first-order chi connectivity index (χ1) is 12.6. The Bertz CT molecular complexity index is 674. The number of methoxy groups -OCH3 is 1. The van der Waals surface area contributed by atoms with Crippen LogP contribution in [0.25, 0.3) is 6.08 Å². The van der Waals surface area contributed by atoms with Gasteiger partial charge < -0.3 is 14.8 Å². The molecule has 0 atom stereocenters. The molecule has 140 valence electrons. The summed E-state index contributed by atoms with van der Waals surface area (Å²) >= 11 is 0. The molecule has 4 aliphatic rings. The van der Waals surface area contributed by atoms with Crippen LogP contribution in [0.3, 0.4) is 0 Å². The van der Waals surface area contributed by atoms with Gasteiger partial charge in [-0.1, -0.05) is 6.07 Å². The monoisotopic (exact) mass is 355 g/mol. The highest BCUT2D eigenvalue weighted by molar-refractivity contribution is 5.92. The van der Waals surface area contributed by atoms with Gasteiger partial charge in [-0.15, -0.1) is 0 Å². The first-order valence-electron chi connectivity index (χ1n) is 9.90. The second-order valence-corrected chi connectivity index (χ2v) is 8.36. The van der Waals surface area contributed by atoms with Crippen molar-refractivity contribution in [3.63, 3.8) is 0 Å². The van der Waals surface area contributed by atoms with E-state index in [4.69, 9.17) is 9.47 Å². The van der Waals surface area contributed by atoms with Crippen molar-refractivity contribution in [3.05, 3.63) is 29.8 Å². The molecule has 4 bridgehead atoms. The lowest BCUT2D eigenvalue weighted by molar-refractivity contribution is -0.122. The van der Waals surface area contributed by atoms with E-state index in [-0.39, 0.29) is 11.4 Å². The van der Waals surface area contributed by atoms with Gasteiger partial charge in [-0.25, -0.2) is 0 Å². The average molecular weight is 355 g/mol. The molecular formula is C22H29NO3. The van der Waals surface area contributed by atoms with Crippen LogP contribution < -0.4 is 14.8 Å². The molecule has 1 aromatic carbocycles. The molecule has 4 nitrogen and oxygen atoms in total. The van der Waals surface area contributed by atoms with Gasteiger partial charge in [-0.05, 0) is 87.0 Å². The van der Waals surface area contributed by atoms with Crippen LogP contribution in [0.5, 0.6) is 11.5 Å². The van der Waals surface area contributed by atoms with Crippen LogP contribution in [0.15, 0.2) is 24.3 Å². The molecule has 1 amide bonds. The SMILES string of the molecule is CCOc1ccc(/C=C/C(=O)NC23CC4CC(CC(C4)C2)C3)cc1OC. The first kappa shape index (κ1) is 17.4. The molecule has 0 unspecified atom stereocenters. The second kappa shape index (κ2) is 6.98. The second-order valence-electron chi connectivity index (χ2n) is 8.36. The van der Waals surface area contributed by atoms with Crippen molar-refractivity contribution in [3.8, 4) is 11.5 Å². The number of rotatable bonds is 6. The quantitative estimate of drug-likeness (QED) is 0.778. The van der Waals surface area contributed by atoms with Crippen molar-refractivity contribution < 1.29 is 14.3 Å². The molecule has 0 radical (unpaired) electrons. The lowest BCUT2D eigenvalue weighted by Gasteiger charge is -2.56. The highest BCUT2D eigenvalue weighted by atomic mass is 16.5. The van der Waals surface area contributed by atoms with Crippen LogP contribution in [-0.4, -0.2) is 25.2 Å². The van der Waals surface area contributed by atoms with Crippen LogP contribution in [0.2, 0.25) is 0 Å². The minimum Gasteiger partial charge on any atom is -0.493 e. The third-order valence-electron chi connectivity index (χ3n) is 6.34. The number of hydrogen-bond donors (Lipinski definition) is 1. The van der Waals surface area contributed by atoms with E-state index < -0.39 is 0 Å². The number of carbonyl (C=O) groups excluding carboxylic acids is 1. The lowest BCUT2D eigenvalue weighted by Crippen LogP contribution is -2.59. The van der Waals surface area contributed by atoms with Crippen molar-refractivity contribution in [2.75, 3.05) is 13.7 Å². The smallest absolute Gasteiger partial charge is 0.244 e. The van der Waals surface area contributed by atoms with E-state index in [2.05, 4.69) is 5.32 Å². The molecule has 0 aromatic heterocycles. The first-order valence-corrected chi connectivity index (χ1v) is 9.90. The number of hydrogen-bond acceptors (Lipinski definition) is 3. The van der Waals surface area contributed by atoms with Gasteiger partial charge in [0.2, 0.25) is 5.91 Å². The van der Waals surface area contributed by atoms with Crippen molar-refractivity contribution in [2.24, 2.45) is 17.8 Å². The van der Waals surface area contributed by atoms with E-state index in [0.29, 0.717) is 12.4 Å². The fraction of sp³-hybridized carbons (Fsp3) is 0.591. The molecule has 0 saturated heterocycles. The summed E-state index contributed by atoms with van der Waals surface area (Å²) in [7, 11) is 1.63. The molecule has 4 saturated carbocycles. The molecule has 4 fully saturated rings. The van der Waals surface area contributed by atoms with Crippen LogP contribution >= 0.6 is 0 Å². The summed E-state index contributed by atoms with van der Waals surface area (Å²) in [5, 5.41) is 3.37. The fourth-order valence-electron chi connectivity index (χ4n) is 5.80. The number of nitrogens with one attached hydrogen (secondary N) is 1. The largest absolute Gasteiger partial charge is 0.493 e. The maximum atomic E-state index is 12.6. The average Bonchev–Trinajstić information content (AvgIpc) is 2.59. The van der Waals surface area contributed by atoms with Gasteiger partial charge in [-0.3, -0.25) is 4.79 Å². The summed E-state index contributed by atoms with van der Waals surface area (Å²) in [5.41, 5.74) is 0.998. The van der Waals surface area contributed by atoms with Crippen molar-refractivity contribution in [1.29, 1.82) is 0 Å². The van der Waals surface area contributed by atoms with Crippen molar-refractivity contribution >= 4 is 12.0 Å². The van der Waals surface area contributed by atoms with Crippen LogP contribution in [0.4, 0.5) is 0 Å². The summed E-state index contributed by atoms with van der Waals surface area (Å²) < 4.78 is 10.9. The predicted octanol–water partition coefficient (Wildman–Crippen LogP) is 4.19. The van der Waals surface area contributed by atoms with E-state index >= 15 is 0 Å². The summed E-state index contributed by atoms with van der Waals surface area (Å²) in [5.74, 6) is 3.95. The van der Waals surface area contributed by atoms with E-state index in [1.807, 2.05) is 31.2 Å². The highest BCUT2D eigenvalue weighted by Gasteiger charge is 2.51. The molecular weight excluding hydrogens is 326 g/mol. The van der Waals surface area contributed by atoms with Crippen molar-refractivity contribution in [2.45, 2.75) is 51.0 Å². The Morgan fingerprint density at radius 3 is 2.38 bits per heavy atom. The summed E-state index contributed by atoms with van der Waals surface area (Å²) in [6.45, 7) is 2.54. The molecule has 0 heterocycles. The lowest BCUT2D eigenvalue weighted by atomic mass is 9.53. The minimum absolute atomic E-state index is 0.0276. The summed E-state index contributed by atoms with van der Waals surface area (Å²) in [6, 6.07) is 5.74. The van der Waals surface area contributed by atoms with Crippen LogP contribution in [0, 0.1) is 17.8 Å².